The number of carbonyl (C=O) groups excluding carboxylic acids is 2. The van der Waals surface area contributed by atoms with Crippen LogP contribution < -0.4 is 10.6 Å². The van der Waals surface area contributed by atoms with E-state index in [4.69, 9.17) is 4.74 Å². The Morgan fingerprint density at radius 1 is 1.32 bits per heavy atom. The van der Waals surface area contributed by atoms with Crippen molar-refractivity contribution in [1.82, 2.24) is 10.6 Å². The number of carbonyl (C=O) groups is 2. The molecule has 1 saturated heterocycles. The molecule has 0 aromatic carbocycles. The third-order valence-corrected chi connectivity index (χ3v) is 4.53. The van der Waals surface area contributed by atoms with Gasteiger partial charge in [0.2, 0.25) is 11.8 Å². The summed E-state index contributed by atoms with van der Waals surface area (Å²) >= 11 is 0. The highest BCUT2D eigenvalue weighted by Crippen LogP contribution is 2.11. The van der Waals surface area contributed by atoms with Crippen molar-refractivity contribution in [3.05, 3.63) is 0 Å². The molecule has 8 heteroatoms. The monoisotopic (exact) mass is 292 g/mol. The van der Waals surface area contributed by atoms with E-state index in [-0.39, 0.29) is 29.9 Å². The minimum absolute atomic E-state index is 0.0335. The Kier molecular flexibility index (Phi) is 6.23. The minimum Gasteiger partial charge on any atom is -0.385 e. The van der Waals surface area contributed by atoms with Crippen molar-refractivity contribution >= 4 is 21.7 Å². The van der Waals surface area contributed by atoms with Crippen molar-refractivity contribution in [2.24, 2.45) is 0 Å². The van der Waals surface area contributed by atoms with Crippen LogP contribution >= 0.6 is 0 Å². The zero-order chi connectivity index (χ0) is 14.3. The number of ether oxygens (including phenoxy) is 1. The van der Waals surface area contributed by atoms with E-state index in [1.54, 1.807) is 7.11 Å². The second-order valence-electron chi connectivity index (χ2n) is 4.54. The van der Waals surface area contributed by atoms with E-state index in [9.17, 15) is 18.0 Å². The van der Waals surface area contributed by atoms with Gasteiger partial charge in [-0.2, -0.15) is 0 Å². The molecule has 1 unspecified atom stereocenters. The first-order valence-electron chi connectivity index (χ1n) is 6.18. The number of amides is 2. The lowest BCUT2D eigenvalue weighted by molar-refractivity contribution is -0.129. The fraction of sp³-hybridized carbons (Fsp3) is 0.818. The Balaban J connectivity index is 2.19. The number of hydrogen-bond acceptors (Lipinski definition) is 5. The van der Waals surface area contributed by atoms with Gasteiger partial charge < -0.3 is 15.4 Å². The zero-order valence-electron chi connectivity index (χ0n) is 11.0. The summed E-state index contributed by atoms with van der Waals surface area (Å²) in [6, 6.07) is -0.362. The lowest BCUT2D eigenvalue weighted by Gasteiger charge is -2.10. The van der Waals surface area contributed by atoms with E-state index in [1.807, 2.05) is 0 Å². The lowest BCUT2D eigenvalue weighted by atomic mass is 10.2. The summed E-state index contributed by atoms with van der Waals surface area (Å²) in [6.45, 7) is 1.00. The van der Waals surface area contributed by atoms with Gasteiger partial charge in [0.25, 0.3) is 0 Å². The summed E-state index contributed by atoms with van der Waals surface area (Å²) in [7, 11) is -1.44. The molecule has 0 aromatic heterocycles. The highest BCUT2D eigenvalue weighted by Gasteiger charge is 2.29. The van der Waals surface area contributed by atoms with E-state index < -0.39 is 15.7 Å². The molecule has 0 aliphatic carbocycles. The van der Waals surface area contributed by atoms with Crippen LogP contribution in [-0.4, -0.2) is 58.0 Å². The molecule has 0 aromatic rings. The van der Waals surface area contributed by atoms with Crippen molar-refractivity contribution < 1.29 is 22.7 Å². The van der Waals surface area contributed by atoms with Crippen molar-refractivity contribution in [3.63, 3.8) is 0 Å². The number of nitrogens with one attached hydrogen (secondary N) is 2. The van der Waals surface area contributed by atoms with E-state index in [1.165, 1.54) is 0 Å². The van der Waals surface area contributed by atoms with Gasteiger partial charge in [-0.15, -0.1) is 0 Å². The fourth-order valence-corrected chi connectivity index (χ4v) is 3.51. The Labute approximate surface area is 113 Å². The molecule has 0 spiro atoms. The van der Waals surface area contributed by atoms with Crippen LogP contribution in [0.3, 0.4) is 0 Å². The van der Waals surface area contributed by atoms with Gasteiger partial charge in [-0.25, -0.2) is 8.42 Å². The maximum absolute atomic E-state index is 11.5. The summed E-state index contributed by atoms with van der Waals surface area (Å²) < 4.78 is 27.2. The van der Waals surface area contributed by atoms with E-state index in [0.29, 0.717) is 26.0 Å². The first-order chi connectivity index (χ1) is 8.93. The predicted molar refractivity (Wildman–Crippen MR) is 69.3 cm³/mol. The van der Waals surface area contributed by atoms with Crippen LogP contribution in [0, 0.1) is 0 Å². The maximum Gasteiger partial charge on any atom is 0.229 e. The summed E-state index contributed by atoms with van der Waals surface area (Å²) in [5, 5.41) is 5.15. The molecule has 19 heavy (non-hydrogen) atoms. The molecule has 0 saturated carbocycles. The van der Waals surface area contributed by atoms with Gasteiger partial charge in [0, 0.05) is 26.3 Å². The Bertz CT molecular complexity index is 421. The summed E-state index contributed by atoms with van der Waals surface area (Å²) in [6.07, 6.45) is 0.831. The highest BCUT2D eigenvalue weighted by molar-refractivity contribution is 7.91. The van der Waals surface area contributed by atoms with Gasteiger partial charge in [0.15, 0.2) is 9.84 Å². The topological polar surface area (TPSA) is 102 Å². The minimum atomic E-state index is -3.02. The number of rotatable bonds is 7. The Hall–Kier alpha value is -1.15. The van der Waals surface area contributed by atoms with Crippen molar-refractivity contribution in [1.29, 1.82) is 0 Å². The molecular weight excluding hydrogens is 272 g/mol. The Morgan fingerprint density at radius 2 is 2.05 bits per heavy atom. The number of methoxy groups -OCH3 is 1. The molecule has 1 atom stereocenters. The Morgan fingerprint density at radius 3 is 2.63 bits per heavy atom. The average molecular weight is 292 g/mol. The third kappa shape index (κ3) is 6.53. The molecule has 7 nitrogen and oxygen atoms in total. The van der Waals surface area contributed by atoms with Crippen molar-refractivity contribution in [2.45, 2.75) is 25.3 Å². The number of sulfone groups is 1. The first kappa shape index (κ1) is 15.9. The molecule has 1 aliphatic rings. The summed E-state index contributed by atoms with van der Waals surface area (Å²) in [5.41, 5.74) is 0. The molecule has 110 valence electrons. The van der Waals surface area contributed by atoms with Gasteiger partial charge >= 0.3 is 0 Å². The van der Waals surface area contributed by atoms with E-state index in [0.717, 1.165) is 0 Å². The summed E-state index contributed by atoms with van der Waals surface area (Å²) in [5.74, 6) is -0.740. The standard InChI is InChI=1S/C11H20N2O5S/c1-18-5-2-4-12-10(14)7-11(15)13-9-3-6-19(16,17)8-9/h9H,2-8H2,1H3,(H,12,14)(H,13,15). The van der Waals surface area contributed by atoms with Gasteiger partial charge in [0.1, 0.15) is 6.42 Å². The molecule has 1 aliphatic heterocycles. The SMILES string of the molecule is COCCCNC(=O)CC(=O)NC1CCS(=O)(=O)C1. The molecule has 0 radical (unpaired) electrons. The zero-order valence-corrected chi connectivity index (χ0v) is 11.8. The predicted octanol–water partition coefficient (Wildman–Crippen LogP) is -1.17. The van der Waals surface area contributed by atoms with Crippen LogP contribution in [0.15, 0.2) is 0 Å². The average Bonchev–Trinajstić information content (AvgIpc) is 2.64. The summed E-state index contributed by atoms with van der Waals surface area (Å²) in [4.78, 5) is 22.9. The van der Waals surface area contributed by atoms with Crippen molar-refractivity contribution in [3.8, 4) is 0 Å². The number of hydrogen-bond donors (Lipinski definition) is 2. The molecule has 1 rings (SSSR count). The second kappa shape index (κ2) is 7.44. The molecular formula is C11H20N2O5S. The second-order valence-corrected chi connectivity index (χ2v) is 6.77. The van der Waals surface area contributed by atoms with Gasteiger partial charge in [-0.1, -0.05) is 0 Å². The molecule has 0 bridgehead atoms. The van der Waals surface area contributed by atoms with Crippen LogP contribution in [0.25, 0.3) is 0 Å². The molecule has 2 N–H and O–H groups in total. The quantitative estimate of drug-likeness (QED) is 0.455. The normalized spacial score (nSPS) is 21.0. The third-order valence-electron chi connectivity index (χ3n) is 2.77. The van der Waals surface area contributed by atoms with Crippen LogP contribution in [0.2, 0.25) is 0 Å². The van der Waals surface area contributed by atoms with Crippen LogP contribution in [0.1, 0.15) is 19.3 Å². The first-order valence-corrected chi connectivity index (χ1v) is 8.00. The smallest absolute Gasteiger partial charge is 0.229 e. The van der Waals surface area contributed by atoms with Crippen molar-refractivity contribution in [2.75, 3.05) is 31.8 Å². The van der Waals surface area contributed by atoms with Crippen LogP contribution in [-0.2, 0) is 24.2 Å². The van der Waals surface area contributed by atoms with Gasteiger partial charge in [-0.05, 0) is 12.8 Å². The van der Waals surface area contributed by atoms with E-state index in [2.05, 4.69) is 10.6 Å². The molecule has 1 fully saturated rings. The van der Waals surface area contributed by atoms with Gasteiger partial charge in [0.05, 0.1) is 11.5 Å². The lowest BCUT2D eigenvalue weighted by Crippen LogP contribution is -2.39. The van der Waals surface area contributed by atoms with Crippen LogP contribution in [0.4, 0.5) is 0 Å². The highest BCUT2D eigenvalue weighted by atomic mass is 32.2. The molecule has 2 amide bonds. The largest absolute Gasteiger partial charge is 0.385 e. The van der Waals surface area contributed by atoms with Crippen LogP contribution in [0.5, 0.6) is 0 Å². The fourth-order valence-electron chi connectivity index (χ4n) is 1.84. The maximum atomic E-state index is 11.5. The van der Waals surface area contributed by atoms with Gasteiger partial charge in [-0.3, -0.25) is 9.59 Å². The van der Waals surface area contributed by atoms with E-state index >= 15 is 0 Å². The molecule has 1 heterocycles.